The largest absolute Gasteiger partial charge is 0.277 e. The van der Waals surface area contributed by atoms with Crippen LogP contribution in [-0.2, 0) is 15.4 Å². The molecule has 2 aromatic carbocycles. The van der Waals surface area contributed by atoms with Gasteiger partial charge in [-0.1, -0.05) is 44.5 Å². The van der Waals surface area contributed by atoms with Crippen molar-refractivity contribution in [2.45, 2.75) is 31.1 Å². The maximum atomic E-state index is 12.8. The van der Waals surface area contributed by atoms with Crippen molar-refractivity contribution >= 4 is 27.3 Å². The molecule has 0 aliphatic carbocycles. The maximum Gasteiger partial charge on any atom is 0.261 e. The molecule has 0 saturated carbocycles. The Hall–Kier alpha value is -2.31. The van der Waals surface area contributed by atoms with Crippen LogP contribution in [0, 0.1) is 0 Å². The van der Waals surface area contributed by atoms with E-state index in [4.69, 9.17) is 11.6 Å². The van der Waals surface area contributed by atoms with Gasteiger partial charge in [0.15, 0.2) is 0 Å². The van der Waals surface area contributed by atoms with Gasteiger partial charge in [-0.15, -0.1) is 0 Å². The van der Waals surface area contributed by atoms with Crippen LogP contribution in [0.15, 0.2) is 65.8 Å². The lowest BCUT2D eigenvalue weighted by Gasteiger charge is -2.19. The highest BCUT2D eigenvalue weighted by Gasteiger charge is 2.19. The van der Waals surface area contributed by atoms with Crippen molar-refractivity contribution in [3.63, 3.8) is 0 Å². The molecule has 0 aliphatic rings. The van der Waals surface area contributed by atoms with E-state index in [9.17, 15) is 8.42 Å². The van der Waals surface area contributed by atoms with E-state index < -0.39 is 10.0 Å². The Morgan fingerprint density at radius 1 is 1.08 bits per heavy atom. The minimum absolute atomic E-state index is 0.0425. The molecular weight excluding hydrogens is 370 g/mol. The van der Waals surface area contributed by atoms with Crippen LogP contribution in [0.1, 0.15) is 26.3 Å². The average molecular weight is 390 g/mol. The molecule has 136 valence electrons. The zero-order chi connectivity index (χ0) is 18.9. The number of anilines is 1. The lowest BCUT2D eigenvalue weighted by Crippen LogP contribution is -2.16. The average Bonchev–Trinajstić information content (AvgIpc) is 3.10. The highest BCUT2D eigenvalue weighted by molar-refractivity contribution is 7.92. The second-order valence-corrected chi connectivity index (χ2v) is 9.11. The standard InChI is InChI=1S/C19H20ClN3O2S/c1-19(2,3)14-5-8-16(9-6-14)26(24,25)22-17-10-7-15(20)13-18(17)23-12-4-11-21-23/h4-13,22H,1-3H3. The van der Waals surface area contributed by atoms with E-state index in [0.717, 1.165) is 5.56 Å². The first-order chi connectivity index (χ1) is 12.2. The number of nitrogens with one attached hydrogen (secondary N) is 1. The van der Waals surface area contributed by atoms with Gasteiger partial charge < -0.3 is 0 Å². The lowest BCUT2D eigenvalue weighted by atomic mass is 9.87. The lowest BCUT2D eigenvalue weighted by molar-refractivity contribution is 0.587. The number of hydrogen-bond donors (Lipinski definition) is 1. The second-order valence-electron chi connectivity index (χ2n) is 6.99. The Morgan fingerprint density at radius 2 is 1.77 bits per heavy atom. The maximum absolute atomic E-state index is 12.8. The minimum Gasteiger partial charge on any atom is -0.277 e. The van der Waals surface area contributed by atoms with Crippen molar-refractivity contribution in [3.05, 3.63) is 71.5 Å². The van der Waals surface area contributed by atoms with Crippen molar-refractivity contribution in [3.8, 4) is 5.69 Å². The number of nitrogens with zero attached hydrogens (tertiary/aromatic N) is 2. The predicted octanol–water partition coefficient (Wildman–Crippen LogP) is 4.62. The van der Waals surface area contributed by atoms with Crippen LogP contribution in [0.2, 0.25) is 5.02 Å². The first-order valence-electron chi connectivity index (χ1n) is 8.10. The Balaban J connectivity index is 1.96. The van der Waals surface area contributed by atoms with Gasteiger partial charge in [-0.2, -0.15) is 5.10 Å². The van der Waals surface area contributed by atoms with Crippen molar-refractivity contribution in [2.75, 3.05) is 4.72 Å². The normalized spacial score (nSPS) is 12.2. The van der Waals surface area contributed by atoms with Gasteiger partial charge in [-0.25, -0.2) is 13.1 Å². The third kappa shape index (κ3) is 3.92. The van der Waals surface area contributed by atoms with E-state index in [1.165, 1.54) is 0 Å². The monoisotopic (exact) mass is 389 g/mol. The van der Waals surface area contributed by atoms with E-state index in [1.807, 2.05) is 12.1 Å². The molecule has 26 heavy (non-hydrogen) atoms. The zero-order valence-electron chi connectivity index (χ0n) is 14.8. The van der Waals surface area contributed by atoms with Crippen LogP contribution in [-0.4, -0.2) is 18.2 Å². The fourth-order valence-electron chi connectivity index (χ4n) is 2.53. The smallest absolute Gasteiger partial charge is 0.261 e. The molecule has 0 amide bonds. The van der Waals surface area contributed by atoms with Crippen LogP contribution in [0.5, 0.6) is 0 Å². The van der Waals surface area contributed by atoms with Crippen molar-refractivity contribution in [1.29, 1.82) is 0 Å². The summed E-state index contributed by atoms with van der Waals surface area (Å²) in [6.07, 6.45) is 3.34. The number of aromatic nitrogens is 2. The summed E-state index contributed by atoms with van der Waals surface area (Å²) in [4.78, 5) is 0.201. The van der Waals surface area contributed by atoms with Crippen molar-refractivity contribution in [1.82, 2.24) is 9.78 Å². The summed E-state index contributed by atoms with van der Waals surface area (Å²) in [6.45, 7) is 6.25. The fraction of sp³-hybridized carbons (Fsp3) is 0.211. The molecule has 0 unspecified atom stereocenters. The minimum atomic E-state index is -3.74. The fourth-order valence-corrected chi connectivity index (χ4v) is 3.77. The van der Waals surface area contributed by atoms with Crippen LogP contribution < -0.4 is 4.72 Å². The number of benzene rings is 2. The van der Waals surface area contributed by atoms with Crippen molar-refractivity contribution < 1.29 is 8.42 Å². The van der Waals surface area contributed by atoms with Gasteiger partial charge in [0, 0.05) is 17.4 Å². The Labute approximate surface area is 158 Å². The molecule has 1 aromatic heterocycles. The summed E-state index contributed by atoms with van der Waals surface area (Å²) < 4.78 is 29.8. The molecule has 1 heterocycles. The summed E-state index contributed by atoms with van der Waals surface area (Å²) in [5.74, 6) is 0. The Kier molecular flexibility index (Phi) is 4.82. The van der Waals surface area contributed by atoms with Crippen LogP contribution in [0.25, 0.3) is 5.69 Å². The topological polar surface area (TPSA) is 64.0 Å². The molecule has 5 nitrogen and oxygen atoms in total. The van der Waals surface area contributed by atoms with Crippen molar-refractivity contribution in [2.24, 2.45) is 0 Å². The Morgan fingerprint density at radius 3 is 2.35 bits per heavy atom. The van der Waals surface area contributed by atoms with Gasteiger partial charge in [0.2, 0.25) is 0 Å². The molecule has 3 aromatic rings. The molecule has 7 heteroatoms. The second kappa shape index (κ2) is 6.78. The van der Waals surface area contributed by atoms with E-state index in [1.54, 1.807) is 53.5 Å². The highest BCUT2D eigenvalue weighted by Crippen LogP contribution is 2.28. The molecule has 0 radical (unpaired) electrons. The van der Waals surface area contributed by atoms with Gasteiger partial charge in [-0.05, 0) is 47.4 Å². The van der Waals surface area contributed by atoms with E-state index in [2.05, 4.69) is 30.6 Å². The third-order valence-corrected chi connectivity index (χ3v) is 5.60. The van der Waals surface area contributed by atoms with Crippen LogP contribution in [0.4, 0.5) is 5.69 Å². The molecular formula is C19H20ClN3O2S. The highest BCUT2D eigenvalue weighted by atomic mass is 35.5. The first kappa shape index (κ1) is 18.5. The Bertz CT molecular complexity index is 1010. The van der Waals surface area contributed by atoms with Crippen LogP contribution in [0.3, 0.4) is 0 Å². The molecule has 0 bridgehead atoms. The zero-order valence-corrected chi connectivity index (χ0v) is 16.3. The number of sulfonamides is 1. The van der Waals surface area contributed by atoms with E-state index in [-0.39, 0.29) is 10.3 Å². The number of rotatable bonds is 4. The molecule has 0 atom stereocenters. The predicted molar refractivity (Wildman–Crippen MR) is 105 cm³/mol. The van der Waals surface area contributed by atoms with Crippen LogP contribution >= 0.6 is 11.6 Å². The van der Waals surface area contributed by atoms with Gasteiger partial charge in [0.05, 0.1) is 16.3 Å². The molecule has 1 N–H and O–H groups in total. The molecule has 0 saturated heterocycles. The summed E-state index contributed by atoms with van der Waals surface area (Å²) in [6, 6.07) is 13.6. The SMILES string of the molecule is CC(C)(C)c1ccc(S(=O)(=O)Nc2ccc(Cl)cc2-n2cccn2)cc1. The van der Waals surface area contributed by atoms with E-state index in [0.29, 0.717) is 16.4 Å². The van der Waals surface area contributed by atoms with Gasteiger partial charge in [0.25, 0.3) is 10.0 Å². The molecule has 0 fully saturated rings. The molecule has 3 rings (SSSR count). The summed E-state index contributed by atoms with van der Waals surface area (Å²) in [7, 11) is -3.74. The summed E-state index contributed by atoms with van der Waals surface area (Å²) in [5.41, 5.74) is 1.98. The first-order valence-corrected chi connectivity index (χ1v) is 9.96. The third-order valence-electron chi connectivity index (χ3n) is 3.99. The molecule has 0 aliphatic heterocycles. The molecule has 0 spiro atoms. The number of hydrogen-bond acceptors (Lipinski definition) is 3. The summed E-state index contributed by atoms with van der Waals surface area (Å²) in [5, 5.41) is 4.65. The van der Waals surface area contributed by atoms with Gasteiger partial charge >= 0.3 is 0 Å². The van der Waals surface area contributed by atoms with E-state index >= 15 is 0 Å². The number of halogens is 1. The van der Waals surface area contributed by atoms with Gasteiger partial charge in [0.1, 0.15) is 0 Å². The van der Waals surface area contributed by atoms with Gasteiger partial charge in [-0.3, -0.25) is 4.72 Å². The quantitative estimate of drug-likeness (QED) is 0.707. The summed E-state index contributed by atoms with van der Waals surface area (Å²) >= 11 is 6.06.